The van der Waals surface area contributed by atoms with Crippen molar-refractivity contribution in [2.45, 2.75) is 271 Å². The van der Waals surface area contributed by atoms with Gasteiger partial charge in [0, 0.05) is 19.3 Å². The highest BCUT2D eigenvalue weighted by Gasteiger charge is 2.19. The highest BCUT2D eigenvalue weighted by Crippen LogP contribution is 2.16. The number of rotatable bonds is 48. The zero-order valence-electron chi connectivity index (χ0n) is 41.6. The van der Waals surface area contributed by atoms with E-state index < -0.39 is 6.10 Å². The Hall–Kier alpha value is -2.89. The zero-order chi connectivity index (χ0) is 45.8. The molecule has 0 aliphatic rings. The summed E-state index contributed by atoms with van der Waals surface area (Å²) in [5.74, 6) is -0.893. The summed E-state index contributed by atoms with van der Waals surface area (Å²) in [5.41, 5.74) is 0. The second kappa shape index (κ2) is 51.7. The van der Waals surface area contributed by atoms with E-state index in [1.54, 1.807) is 0 Å². The van der Waals surface area contributed by atoms with Crippen LogP contribution in [0.3, 0.4) is 0 Å². The van der Waals surface area contributed by atoms with E-state index in [0.29, 0.717) is 19.3 Å². The van der Waals surface area contributed by atoms with Crippen molar-refractivity contribution in [3.05, 3.63) is 60.8 Å². The molecule has 0 aliphatic heterocycles. The second-order valence-corrected chi connectivity index (χ2v) is 17.8. The summed E-state index contributed by atoms with van der Waals surface area (Å²) in [7, 11) is 0. The second-order valence-electron chi connectivity index (χ2n) is 17.8. The van der Waals surface area contributed by atoms with Gasteiger partial charge in [-0.2, -0.15) is 0 Å². The van der Waals surface area contributed by atoms with Crippen molar-refractivity contribution in [2.75, 3.05) is 13.2 Å². The van der Waals surface area contributed by atoms with Crippen molar-refractivity contribution >= 4 is 17.9 Å². The van der Waals surface area contributed by atoms with Crippen LogP contribution in [0.4, 0.5) is 0 Å². The molecule has 0 saturated heterocycles. The van der Waals surface area contributed by atoms with Gasteiger partial charge in [-0.15, -0.1) is 0 Å². The number of unbranched alkanes of at least 4 members (excludes halogenated alkanes) is 27. The Morgan fingerprint density at radius 1 is 0.333 bits per heavy atom. The molecule has 364 valence electrons. The predicted molar refractivity (Wildman–Crippen MR) is 270 cm³/mol. The molecule has 0 bridgehead atoms. The maximum Gasteiger partial charge on any atom is 0.306 e. The smallest absolute Gasteiger partial charge is 0.306 e. The van der Waals surface area contributed by atoms with Gasteiger partial charge >= 0.3 is 17.9 Å². The lowest BCUT2D eigenvalue weighted by molar-refractivity contribution is -0.167. The van der Waals surface area contributed by atoms with Gasteiger partial charge < -0.3 is 14.2 Å². The van der Waals surface area contributed by atoms with E-state index >= 15 is 0 Å². The molecule has 6 heteroatoms. The van der Waals surface area contributed by atoms with Crippen molar-refractivity contribution in [2.24, 2.45) is 0 Å². The number of hydrogen-bond donors (Lipinski definition) is 0. The first-order valence-corrected chi connectivity index (χ1v) is 26.8. The van der Waals surface area contributed by atoms with Crippen molar-refractivity contribution in [3.63, 3.8) is 0 Å². The first-order chi connectivity index (χ1) is 31.0. The van der Waals surface area contributed by atoms with Gasteiger partial charge in [-0.1, -0.05) is 242 Å². The van der Waals surface area contributed by atoms with Crippen molar-refractivity contribution in [3.8, 4) is 0 Å². The lowest BCUT2D eigenvalue weighted by Gasteiger charge is -2.18. The van der Waals surface area contributed by atoms with Gasteiger partial charge in [0.05, 0.1) is 0 Å². The van der Waals surface area contributed by atoms with Crippen molar-refractivity contribution in [1.82, 2.24) is 0 Å². The minimum Gasteiger partial charge on any atom is -0.462 e. The SMILES string of the molecule is CC/C=C\C/C=C\C/C=C\C/C=C\C/C=C\CCCCCCCCCC(=O)OCC(COC(=O)CCCCCCC)OC(=O)CCCCCCCCCCCCCCCCCCC. The fourth-order valence-electron chi connectivity index (χ4n) is 7.53. The minimum atomic E-state index is -0.772. The van der Waals surface area contributed by atoms with Gasteiger partial charge in [0.15, 0.2) is 6.10 Å². The Balaban J connectivity index is 4.14. The number of carbonyl (C=O) groups excluding carboxylic acids is 3. The summed E-state index contributed by atoms with van der Waals surface area (Å²) in [6.45, 7) is 6.45. The van der Waals surface area contributed by atoms with Gasteiger partial charge in [-0.25, -0.2) is 0 Å². The molecule has 0 fully saturated rings. The van der Waals surface area contributed by atoms with Crippen LogP contribution in [0.15, 0.2) is 60.8 Å². The van der Waals surface area contributed by atoms with Crippen LogP contribution in [-0.4, -0.2) is 37.2 Å². The van der Waals surface area contributed by atoms with Gasteiger partial charge in [0.1, 0.15) is 13.2 Å². The summed E-state index contributed by atoms with van der Waals surface area (Å²) >= 11 is 0. The molecule has 0 aliphatic carbocycles. The molecule has 63 heavy (non-hydrogen) atoms. The molecule has 0 radical (unpaired) electrons. The summed E-state index contributed by atoms with van der Waals surface area (Å²) in [6.07, 6.45) is 63.9. The Labute approximate surface area is 390 Å². The first kappa shape index (κ1) is 60.1. The normalized spacial score (nSPS) is 12.5. The number of carbonyl (C=O) groups is 3. The van der Waals surface area contributed by atoms with Gasteiger partial charge in [-0.3, -0.25) is 14.4 Å². The molecule has 0 heterocycles. The molecule has 0 aromatic carbocycles. The van der Waals surface area contributed by atoms with E-state index in [1.165, 1.54) is 122 Å². The molecule has 0 aromatic heterocycles. The Morgan fingerprint density at radius 2 is 0.619 bits per heavy atom. The third kappa shape index (κ3) is 50.0. The van der Waals surface area contributed by atoms with Gasteiger partial charge in [0.2, 0.25) is 0 Å². The van der Waals surface area contributed by atoms with E-state index in [0.717, 1.165) is 103 Å². The zero-order valence-corrected chi connectivity index (χ0v) is 41.6. The van der Waals surface area contributed by atoms with Crippen LogP contribution in [0.2, 0.25) is 0 Å². The first-order valence-electron chi connectivity index (χ1n) is 26.8. The molecule has 1 unspecified atom stereocenters. The van der Waals surface area contributed by atoms with Crippen LogP contribution in [0, 0.1) is 0 Å². The summed E-state index contributed by atoms with van der Waals surface area (Å²) in [5, 5.41) is 0. The standard InChI is InChI=1S/C57H100O6/c1-4-7-10-13-15-17-19-21-23-25-26-27-28-29-30-32-33-35-37-39-41-44-47-50-56(59)62-53-54(52-61-55(58)49-46-43-12-9-6-3)63-57(60)51-48-45-42-40-38-36-34-31-24-22-20-18-16-14-11-8-5-2/h7,10,15,17,21,23,26-27,29-30,54H,4-6,8-9,11-14,16,18-20,22,24-25,28,31-53H2,1-3H3/b10-7-,17-15-,23-21-,27-26-,30-29-. The summed E-state index contributed by atoms with van der Waals surface area (Å²) in [4.78, 5) is 37.7. The molecule has 0 N–H and O–H groups in total. The van der Waals surface area contributed by atoms with E-state index in [4.69, 9.17) is 14.2 Å². The molecular weight excluding hydrogens is 781 g/mol. The summed E-state index contributed by atoms with van der Waals surface area (Å²) < 4.78 is 16.7. The Morgan fingerprint density at radius 3 is 0.968 bits per heavy atom. The highest BCUT2D eigenvalue weighted by molar-refractivity contribution is 5.71. The molecule has 1 atom stereocenters. The fraction of sp³-hybridized carbons (Fsp3) is 0.772. The molecule has 0 spiro atoms. The topological polar surface area (TPSA) is 78.9 Å². The number of hydrogen-bond acceptors (Lipinski definition) is 6. The Bertz CT molecular complexity index is 1150. The molecular formula is C57H100O6. The fourth-order valence-corrected chi connectivity index (χ4v) is 7.53. The van der Waals surface area contributed by atoms with E-state index in [9.17, 15) is 14.4 Å². The average molecular weight is 881 g/mol. The van der Waals surface area contributed by atoms with Gasteiger partial charge in [-0.05, 0) is 64.2 Å². The third-order valence-corrected chi connectivity index (χ3v) is 11.5. The molecule has 0 amide bonds. The van der Waals surface area contributed by atoms with Crippen LogP contribution < -0.4 is 0 Å². The van der Waals surface area contributed by atoms with E-state index in [2.05, 4.69) is 81.5 Å². The van der Waals surface area contributed by atoms with Gasteiger partial charge in [0.25, 0.3) is 0 Å². The van der Waals surface area contributed by atoms with E-state index in [-0.39, 0.29) is 31.1 Å². The minimum absolute atomic E-state index is 0.0764. The highest BCUT2D eigenvalue weighted by atomic mass is 16.6. The number of esters is 3. The summed E-state index contributed by atoms with van der Waals surface area (Å²) in [6, 6.07) is 0. The van der Waals surface area contributed by atoms with Crippen LogP contribution in [0.1, 0.15) is 265 Å². The maximum atomic E-state index is 12.7. The van der Waals surface area contributed by atoms with Crippen LogP contribution in [0.5, 0.6) is 0 Å². The Kier molecular flexibility index (Phi) is 49.4. The van der Waals surface area contributed by atoms with Crippen molar-refractivity contribution in [1.29, 1.82) is 0 Å². The van der Waals surface area contributed by atoms with Crippen LogP contribution in [0.25, 0.3) is 0 Å². The molecule has 0 aromatic rings. The van der Waals surface area contributed by atoms with E-state index in [1.807, 2.05) is 0 Å². The van der Waals surface area contributed by atoms with Crippen molar-refractivity contribution < 1.29 is 28.6 Å². The van der Waals surface area contributed by atoms with Crippen LogP contribution >= 0.6 is 0 Å². The molecule has 0 saturated carbocycles. The largest absolute Gasteiger partial charge is 0.462 e. The quantitative estimate of drug-likeness (QED) is 0.0262. The molecule has 6 nitrogen and oxygen atoms in total. The molecule has 0 rings (SSSR count). The number of allylic oxidation sites excluding steroid dienone is 10. The average Bonchev–Trinajstić information content (AvgIpc) is 3.28. The number of ether oxygens (including phenoxy) is 3. The lowest BCUT2D eigenvalue weighted by Crippen LogP contribution is -2.30. The lowest BCUT2D eigenvalue weighted by atomic mass is 10.0. The van der Waals surface area contributed by atoms with Crippen LogP contribution in [-0.2, 0) is 28.6 Å². The monoisotopic (exact) mass is 881 g/mol. The maximum absolute atomic E-state index is 12.7. The predicted octanol–water partition coefficient (Wildman–Crippen LogP) is 17.6. The third-order valence-electron chi connectivity index (χ3n) is 11.5.